The third-order valence-corrected chi connectivity index (χ3v) is 4.32. The molecule has 0 aliphatic heterocycles. The van der Waals surface area contributed by atoms with Crippen LogP contribution < -0.4 is 10.6 Å². The summed E-state index contributed by atoms with van der Waals surface area (Å²) in [5.41, 5.74) is 1.36. The summed E-state index contributed by atoms with van der Waals surface area (Å²) in [7, 11) is 1.85. The second-order valence-electron chi connectivity index (χ2n) is 4.89. The first-order valence-electron chi connectivity index (χ1n) is 7.27. The molecule has 0 aliphatic rings. The largest absolute Gasteiger partial charge is 0.355 e. The molecule has 120 valence electrons. The zero-order chi connectivity index (χ0) is 14.9. The van der Waals surface area contributed by atoms with E-state index in [9.17, 15) is 4.79 Å². The van der Waals surface area contributed by atoms with Gasteiger partial charge < -0.3 is 10.6 Å². The average molecular weight is 339 g/mol. The van der Waals surface area contributed by atoms with Crippen LogP contribution in [0.15, 0.2) is 42.5 Å². The van der Waals surface area contributed by atoms with E-state index >= 15 is 0 Å². The number of fused-ring (bicyclic) bond motifs is 1. The number of hydrogen-bond donors (Lipinski definition) is 2. The number of nitrogens with one attached hydrogen (secondary N) is 2. The van der Waals surface area contributed by atoms with Crippen LogP contribution in [0, 0.1) is 0 Å². The molecule has 0 fully saturated rings. The number of carbonyl (C=O) groups is 1. The smallest absolute Gasteiger partial charge is 0.221 e. The molecule has 2 rings (SSSR count). The third-order valence-electron chi connectivity index (χ3n) is 3.31. The molecule has 3 nitrogen and oxygen atoms in total. The molecule has 22 heavy (non-hydrogen) atoms. The lowest BCUT2D eigenvalue weighted by molar-refractivity contribution is -0.120. The molecule has 0 unspecified atom stereocenters. The maximum atomic E-state index is 11.4. The van der Waals surface area contributed by atoms with Crippen molar-refractivity contribution in [3.05, 3.63) is 48.0 Å². The van der Waals surface area contributed by atoms with E-state index < -0.39 is 0 Å². The van der Waals surface area contributed by atoms with Gasteiger partial charge in [0.25, 0.3) is 0 Å². The van der Waals surface area contributed by atoms with Crippen LogP contribution in [0.1, 0.15) is 12.0 Å². The first-order valence-corrected chi connectivity index (χ1v) is 8.42. The Labute approximate surface area is 142 Å². The summed E-state index contributed by atoms with van der Waals surface area (Å²) in [6.45, 7) is 1.47. The summed E-state index contributed by atoms with van der Waals surface area (Å²) < 4.78 is 0. The Morgan fingerprint density at radius 3 is 2.68 bits per heavy atom. The van der Waals surface area contributed by atoms with Crippen molar-refractivity contribution in [1.29, 1.82) is 0 Å². The molecule has 2 aromatic rings. The van der Waals surface area contributed by atoms with E-state index in [2.05, 4.69) is 53.1 Å². The van der Waals surface area contributed by atoms with Crippen LogP contribution in [-0.4, -0.2) is 31.8 Å². The molecule has 0 aliphatic carbocycles. The molecule has 0 atom stereocenters. The number of rotatable bonds is 8. The van der Waals surface area contributed by atoms with E-state index in [0.717, 1.165) is 24.6 Å². The number of hydrogen-bond acceptors (Lipinski definition) is 3. The van der Waals surface area contributed by atoms with Crippen molar-refractivity contribution in [3.63, 3.8) is 0 Å². The highest BCUT2D eigenvalue weighted by atomic mass is 35.5. The first kappa shape index (κ1) is 18.8. The minimum Gasteiger partial charge on any atom is -0.355 e. The Bertz CT molecular complexity index is 586. The van der Waals surface area contributed by atoms with Crippen molar-refractivity contribution in [2.45, 2.75) is 12.2 Å². The van der Waals surface area contributed by atoms with Gasteiger partial charge in [0, 0.05) is 31.0 Å². The van der Waals surface area contributed by atoms with Crippen molar-refractivity contribution in [3.8, 4) is 0 Å². The molecule has 2 aromatic carbocycles. The summed E-state index contributed by atoms with van der Waals surface area (Å²) in [4.78, 5) is 11.4. The highest BCUT2D eigenvalue weighted by Gasteiger charge is 2.01. The van der Waals surface area contributed by atoms with Gasteiger partial charge in [-0.25, -0.2) is 0 Å². The highest BCUT2D eigenvalue weighted by Crippen LogP contribution is 2.22. The maximum Gasteiger partial charge on any atom is 0.221 e. The quantitative estimate of drug-likeness (QED) is 0.726. The van der Waals surface area contributed by atoms with Crippen LogP contribution >= 0.6 is 24.2 Å². The lowest BCUT2D eigenvalue weighted by atomic mass is 10.1. The minimum atomic E-state index is 0. The number of benzene rings is 2. The van der Waals surface area contributed by atoms with Crippen molar-refractivity contribution >= 4 is 40.8 Å². The SMILES string of the molecule is CNCCC(=O)NCCSCc1cccc2ccccc12.Cl. The average Bonchev–Trinajstić information content (AvgIpc) is 2.52. The summed E-state index contributed by atoms with van der Waals surface area (Å²) >= 11 is 1.86. The fraction of sp³-hybridized carbons (Fsp3) is 0.353. The lowest BCUT2D eigenvalue weighted by Crippen LogP contribution is -2.28. The fourth-order valence-electron chi connectivity index (χ4n) is 2.19. The maximum absolute atomic E-state index is 11.4. The molecule has 2 N–H and O–H groups in total. The van der Waals surface area contributed by atoms with Crippen molar-refractivity contribution in [2.24, 2.45) is 0 Å². The second kappa shape index (κ2) is 10.5. The molecule has 0 spiro atoms. The van der Waals surface area contributed by atoms with Crippen LogP contribution in [0.4, 0.5) is 0 Å². The highest BCUT2D eigenvalue weighted by molar-refractivity contribution is 7.98. The van der Waals surface area contributed by atoms with E-state index in [1.165, 1.54) is 16.3 Å². The molecule has 5 heteroatoms. The zero-order valence-electron chi connectivity index (χ0n) is 12.8. The molecular weight excluding hydrogens is 316 g/mol. The Balaban J connectivity index is 0.00000242. The van der Waals surface area contributed by atoms with Gasteiger partial charge in [-0.2, -0.15) is 11.8 Å². The zero-order valence-corrected chi connectivity index (χ0v) is 14.4. The van der Waals surface area contributed by atoms with Crippen molar-refractivity contribution in [2.75, 3.05) is 25.9 Å². The second-order valence-corrected chi connectivity index (χ2v) is 6.00. The van der Waals surface area contributed by atoms with E-state index in [1.807, 2.05) is 18.8 Å². The van der Waals surface area contributed by atoms with Gasteiger partial charge in [0.2, 0.25) is 5.91 Å². The molecule has 1 amide bonds. The minimum absolute atomic E-state index is 0. The van der Waals surface area contributed by atoms with Gasteiger partial charge in [-0.1, -0.05) is 42.5 Å². The van der Waals surface area contributed by atoms with Crippen LogP contribution in [0.5, 0.6) is 0 Å². The molecule has 0 saturated carbocycles. The van der Waals surface area contributed by atoms with Gasteiger partial charge >= 0.3 is 0 Å². The molecule has 0 aromatic heterocycles. The fourth-order valence-corrected chi connectivity index (χ4v) is 3.05. The lowest BCUT2D eigenvalue weighted by Gasteiger charge is -2.07. The predicted octanol–water partition coefficient (Wildman–Crippen LogP) is 3.22. The van der Waals surface area contributed by atoms with Crippen LogP contribution in [0.3, 0.4) is 0 Å². The van der Waals surface area contributed by atoms with Gasteiger partial charge in [-0.3, -0.25) is 4.79 Å². The van der Waals surface area contributed by atoms with Crippen LogP contribution in [0.25, 0.3) is 10.8 Å². The molecule has 0 bridgehead atoms. The molecular formula is C17H23ClN2OS. The van der Waals surface area contributed by atoms with Crippen LogP contribution in [0.2, 0.25) is 0 Å². The Morgan fingerprint density at radius 2 is 1.86 bits per heavy atom. The van der Waals surface area contributed by atoms with Crippen molar-refractivity contribution in [1.82, 2.24) is 10.6 Å². The van der Waals surface area contributed by atoms with Gasteiger partial charge in [-0.15, -0.1) is 12.4 Å². The first-order chi connectivity index (χ1) is 10.3. The number of thioether (sulfide) groups is 1. The van der Waals surface area contributed by atoms with E-state index in [0.29, 0.717) is 6.42 Å². The van der Waals surface area contributed by atoms with E-state index in [4.69, 9.17) is 0 Å². The predicted molar refractivity (Wildman–Crippen MR) is 98.9 cm³/mol. The molecule has 0 saturated heterocycles. The summed E-state index contributed by atoms with van der Waals surface area (Å²) in [5.74, 6) is 2.04. The van der Waals surface area contributed by atoms with Gasteiger partial charge in [0.1, 0.15) is 0 Å². The topological polar surface area (TPSA) is 41.1 Å². The summed E-state index contributed by atoms with van der Waals surface area (Å²) in [6.07, 6.45) is 0.546. The van der Waals surface area contributed by atoms with Gasteiger partial charge in [0.05, 0.1) is 0 Å². The Hall–Kier alpha value is -1.23. The normalized spacial score (nSPS) is 10.2. The Kier molecular flexibility index (Phi) is 8.97. The number of amides is 1. The van der Waals surface area contributed by atoms with E-state index in [1.54, 1.807) is 0 Å². The monoisotopic (exact) mass is 338 g/mol. The Morgan fingerprint density at radius 1 is 1.09 bits per heavy atom. The van der Waals surface area contributed by atoms with Crippen LogP contribution in [-0.2, 0) is 10.5 Å². The summed E-state index contributed by atoms with van der Waals surface area (Å²) in [5, 5.41) is 8.53. The van der Waals surface area contributed by atoms with Gasteiger partial charge in [-0.05, 0) is 23.4 Å². The summed E-state index contributed by atoms with van der Waals surface area (Å²) in [6, 6.07) is 14.9. The van der Waals surface area contributed by atoms with Gasteiger partial charge in [0.15, 0.2) is 0 Å². The molecule has 0 radical (unpaired) electrons. The van der Waals surface area contributed by atoms with E-state index in [-0.39, 0.29) is 18.3 Å². The number of carbonyl (C=O) groups excluding carboxylic acids is 1. The standard InChI is InChI=1S/C17H22N2OS.ClH/c1-18-10-9-17(20)19-11-12-21-13-15-7-4-6-14-5-2-3-8-16(14)15;/h2-8,18H,9-13H2,1H3,(H,19,20);1H. The number of halogens is 1. The molecule has 0 heterocycles. The van der Waals surface area contributed by atoms with Crippen molar-refractivity contribution < 1.29 is 4.79 Å². The third kappa shape index (κ3) is 5.87.